The van der Waals surface area contributed by atoms with E-state index in [-0.39, 0.29) is 24.0 Å². The van der Waals surface area contributed by atoms with Crippen molar-refractivity contribution in [2.24, 2.45) is 5.10 Å². The number of carbonyl (C=O) groups is 1. The van der Waals surface area contributed by atoms with Gasteiger partial charge in [-0.25, -0.2) is 5.43 Å². The number of nitrogens with one attached hydrogen (secondary N) is 2. The van der Waals surface area contributed by atoms with Crippen molar-refractivity contribution in [1.29, 1.82) is 0 Å². The van der Waals surface area contributed by atoms with Crippen molar-refractivity contribution in [3.8, 4) is 17.2 Å². The third-order valence-electron chi connectivity index (χ3n) is 3.34. The molecule has 0 bridgehead atoms. The quantitative estimate of drug-likeness (QED) is 0.457. The van der Waals surface area contributed by atoms with Crippen molar-refractivity contribution in [3.05, 3.63) is 48.0 Å². The van der Waals surface area contributed by atoms with Crippen LogP contribution in [-0.2, 0) is 4.79 Å². The first-order valence-electron chi connectivity index (χ1n) is 7.81. The number of nitrogens with zero attached hydrogens (tertiary/aromatic N) is 1. The summed E-state index contributed by atoms with van der Waals surface area (Å²) >= 11 is 0. The van der Waals surface area contributed by atoms with Gasteiger partial charge in [-0.2, -0.15) is 5.10 Å². The van der Waals surface area contributed by atoms with Crippen molar-refractivity contribution in [2.75, 3.05) is 18.5 Å². The normalized spacial score (nSPS) is 11.0. The molecule has 0 radical (unpaired) electrons. The van der Waals surface area contributed by atoms with Crippen LogP contribution >= 0.6 is 0 Å². The Hall–Kier alpha value is -3.22. The van der Waals surface area contributed by atoms with Crippen LogP contribution in [0.15, 0.2) is 47.6 Å². The van der Waals surface area contributed by atoms with Gasteiger partial charge in [0.2, 0.25) is 0 Å². The average Bonchev–Trinajstić information content (AvgIpc) is 2.59. The lowest BCUT2D eigenvalue weighted by molar-refractivity contribution is -0.119. The first kappa shape index (κ1) is 18.1. The summed E-state index contributed by atoms with van der Waals surface area (Å²) in [6, 6.07) is 11.4. The van der Waals surface area contributed by atoms with Gasteiger partial charge in [0.05, 0.1) is 18.9 Å². The van der Waals surface area contributed by atoms with Gasteiger partial charge in [0.25, 0.3) is 5.91 Å². The van der Waals surface area contributed by atoms with Gasteiger partial charge in [0.15, 0.2) is 0 Å². The second-order valence-electron chi connectivity index (χ2n) is 5.24. The Morgan fingerprint density at radius 1 is 1.16 bits per heavy atom. The van der Waals surface area contributed by atoms with Crippen LogP contribution in [0.5, 0.6) is 17.2 Å². The Kier molecular flexibility index (Phi) is 6.22. The zero-order valence-corrected chi connectivity index (χ0v) is 14.1. The van der Waals surface area contributed by atoms with Crippen molar-refractivity contribution in [1.82, 2.24) is 5.43 Å². The summed E-state index contributed by atoms with van der Waals surface area (Å²) in [5, 5.41) is 26.0. The monoisotopic (exact) mass is 343 g/mol. The Morgan fingerprint density at radius 2 is 1.88 bits per heavy atom. The summed E-state index contributed by atoms with van der Waals surface area (Å²) in [6.45, 7) is 4.21. The Labute approximate surface area is 146 Å². The topological polar surface area (TPSA) is 103 Å². The molecule has 0 atom stereocenters. The third kappa shape index (κ3) is 5.42. The molecule has 0 aliphatic heterocycles. The molecular weight excluding hydrogens is 322 g/mol. The SMILES string of the molecule is CCOc1ccc(NCC(=O)N/N=C(\C)c2ccc(O)cc2O)cc1. The van der Waals surface area contributed by atoms with Gasteiger partial charge in [0, 0.05) is 17.3 Å². The predicted octanol–water partition coefficient (Wildman–Crippen LogP) is 2.45. The molecule has 0 heterocycles. The Morgan fingerprint density at radius 3 is 2.52 bits per heavy atom. The van der Waals surface area contributed by atoms with Crippen LogP contribution in [-0.4, -0.2) is 35.0 Å². The molecule has 2 aromatic rings. The minimum Gasteiger partial charge on any atom is -0.508 e. The smallest absolute Gasteiger partial charge is 0.259 e. The highest BCUT2D eigenvalue weighted by atomic mass is 16.5. The number of rotatable bonds is 7. The maximum atomic E-state index is 11.9. The predicted molar refractivity (Wildman–Crippen MR) is 96.2 cm³/mol. The highest BCUT2D eigenvalue weighted by molar-refractivity contribution is 6.01. The Balaban J connectivity index is 1.87. The molecular formula is C18H21N3O4. The molecule has 7 nitrogen and oxygen atoms in total. The molecule has 0 aliphatic rings. The summed E-state index contributed by atoms with van der Waals surface area (Å²) in [5.74, 6) is 0.290. The number of hydrogen-bond acceptors (Lipinski definition) is 6. The fraction of sp³-hybridized carbons (Fsp3) is 0.222. The molecule has 0 aromatic heterocycles. The highest BCUT2D eigenvalue weighted by Crippen LogP contribution is 2.22. The van der Waals surface area contributed by atoms with Gasteiger partial charge in [-0.05, 0) is 50.2 Å². The zero-order chi connectivity index (χ0) is 18.2. The highest BCUT2D eigenvalue weighted by Gasteiger charge is 2.07. The average molecular weight is 343 g/mol. The van der Waals surface area contributed by atoms with E-state index >= 15 is 0 Å². The molecule has 0 fully saturated rings. The van der Waals surface area contributed by atoms with E-state index in [0.29, 0.717) is 17.9 Å². The molecule has 0 saturated heterocycles. The lowest BCUT2D eigenvalue weighted by Gasteiger charge is -2.08. The molecule has 0 spiro atoms. The number of benzene rings is 2. The zero-order valence-electron chi connectivity index (χ0n) is 14.1. The fourth-order valence-electron chi connectivity index (χ4n) is 2.09. The second-order valence-corrected chi connectivity index (χ2v) is 5.24. The minimum absolute atomic E-state index is 0.0439. The van der Waals surface area contributed by atoms with Crippen molar-refractivity contribution < 1.29 is 19.7 Å². The van der Waals surface area contributed by atoms with E-state index in [0.717, 1.165) is 11.4 Å². The van der Waals surface area contributed by atoms with Crippen LogP contribution in [0.2, 0.25) is 0 Å². The first-order chi connectivity index (χ1) is 12.0. The summed E-state index contributed by atoms with van der Waals surface area (Å²) in [7, 11) is 0. The first-order valence-corrected chi connectivity index (χ1v) is 7.81. The summed E-state index contributed by atoms with van der Waals surface area (Å²) in [6.07, 6.45) is 0. The maximum absolute atomic E-state index is 11.9. The summed E-state index contributed by atoms with van der Waals surface area (Å²) in [5.41, 5.74) is 4.05. The van der Waals surface area contributed by atoms with E-state index in [1.165, 1.54) is 18.2 Å². The van der Waals surface area contributed by atoms with Gasteiger partial charge < -0.3 is 20.3 Å². The van der Waals surface area contributed by atoms with Gasteiger partial charge in [-0.3, -0.25) is 4.79 Å². The lowest BCUT2D eigenvalue weighted by atomic mass is 10.1. The molecule has 0 saturated carbocycles. The fourth-order valence-corrected chi connectivity index (χ4v) is 2.09. The summed E-state index contributed by atoms with van der Waals surface area (Å²) < 4.78 is 5.35. The van der Waals surface area contributed by atoms with E-state index in [1.807, 2.05) is 31.2 Å². The van der Waals surface area contributed by atoms with Crippen LogP contribution in [0.1, 0.15) is 19.4 Å². The van der Waals surface area contributed by atoms with E-state index in [4.69, 9.17) is 4.74 Å². The van der Waals surface area contributed by atoms with Gasteiger partial charge >= 0.3 is 0 Å². The maximum Gasteiger partial charge on any atom is 0.259 e. The van der Waals surface area contributed by atoms with Crippen LogP contribution in [0.25, 0.3) is 0 Å². The largest absolute Gasteiger partial charge is 0.508 e. The van der Waals surface area contributed by atoms with Crippen molar-refractivity contribution in [2.45, 2.75) is 13.8 Å². The summed E-state index contributed by atoms with van der Waals surface area (Å²) in [4.78, 5) is 11.9. The number of carbonyl (C=O) groups excluding carboxylic acids is 1. The molecule has 2 aromatic carbocycles. The number of aromatic hydroxyl groups is 2. The standard InChI is InChI=1S/C18H21N3O4/c1-3-25-15-7-4-13(5-8-15)19-11-18(24)21-20-12(2)16-9-6-14(22)10-17(16)23/h4-10,19,22-23H,3,11H2,1-2H3,(H,21,24)/b20-12+. The number of anilines is 1. The van der Waals surface area contributed by atoms with E-state index in [2.05, 4.69) is 15.8 Å². The molecule has 7 heteroatoms. The van der Waals surface area contributed by atoms with Gasteiger partial charge in [-0.15, -0.1) is 0 Å². The molecule has 132 valence electrons. The van der Waals surface area contributed by atoms with Crippen LogP contribution in [0.4, 0.5) is 5.69 Å². The molecule has 25 heavy (non-hydrogen) atoms. The number of hydrazone groups is 1. The molecule has 1 amide bonds. The third-order valence-corrected chi connectivity index (χ3v) is 3.34. The molecule has 0 unspecified atom stereocenters. The minimum atomic E-state index is -0.327. The number of hydrogen-bond donors (Lipinski definition) is 4. The molecule has 0 aliphatic carbocycles. The van der Waals surface area contributed by atoms with E-state index in [9.17, 15) is 15.0 Å². The Bertz CT molecular complexity index is 757. The number of amides is 1. The number of phenols is 2. The van der Waals surface area contributed by atoms with Crippen molar-refractivity contribution in [3.63, 3.8) is 0 Å². The van der Waals surface area contributed by atoms with Crippen LogP contribution in [0, 0.1) is 0 Å². The van der Waals surface area contributed by atoms with E-state index in [1.54, 1.807) is 6.92 Å². The van der Waals surface area contributed by atoms with Gasteiger partial charge in [-0.1, -0.05) is 0 Å². The number of phenolic OH excluding ortho intramolecular Hbond substituents is 2. The van der Waals surface area contributed by atoms with Crippen LogP contribution < -0.4 is 15.5 Å². The lowest BCUT2D eigenvalue weighted by Crippen LogP contribution is -2.26. The van der Waals surface area contributed by atoms with E-state index < -0.39 is 0 Å². The van der Waals surface area contributed by atoms with Gasteiger partial charge in [0.1, 0.15) is 17.2 Å². The molecule has 2 rings (SSSR count). The number of ether oxygens (including phenoxy) is 1. The molecule has 4 N–H and O–H groups in total. The second kappa shape index (κ2) is 8.58. The van der Waals surface area contributed by atoms with Crippen molar-refractivity contribution >= 4 is 17.3 Å². The van der Waals surface area contributed by atoms with Crippen LogP contribution in [0.3, 0.4) is 0 Å².